The van der Waals surface area contributed by atoms with Gasteiger partial charge < -0.3 is 11.1 Å². The normalized spacial score (nSPS) is 19.1. The first-order valence-electron chi connectivity index (χ1n) is 6.58. The molecule has 1 aromatic carbocycles. The molecule has 2 heterocycles. The van der Waals surface area contributed by atoms with E-state index in [1.165, 1.54) is 11.3 Å². The van der Waals surface area contributed by atoms with Gasteiger partial charge in [-0.05, 0) is 25.0 Å². The van der Waals surface area contributed by atoms with Crippen molar-refractivity contribution in [2.75, 3.05) is 6.54 Å². The van der Waals surface area contributed by atoms with E-state index >= 15 is 0 Å². The molecule has 3 N–H and O–H groups in total. The second kappa shape index (κ2) is 6.51. The number of carbonyl (C=O) groups excluding carboxylic acids is 2. The van der Waals surface area contributed by atoms with Crippen LogP contribution in [0.2, 0.25) is 0 Å². The smallest absolute Gasteiger partial charge is 0.223 e. The summed E-state index contributed by atoms with van der Waals surface area (Å²) >= 11 is 1.35. The molecule has 1 aliphatic heterocycles. The van der Waals surface area contributed by atoms with Crippen molar-refractivity contribution in [2.45, 2.75) is 18.9 Å². The molecule has 1 aliphatic rings. The highest BCUT2D eigenvalue weighted by Gasteiger charge is 2.29. The fourth-order valence-electron chi connectivity index (χ4n) is 2.42. The van der Waals surface area contributed by atoms with Crippen molar-refractivity contribution >= 4 is 45.7 Å². The standard InChI is InChI=1S/C14H15N3O2S.ClH/c15-9(7-8-5-6-16-13(8)19)12(18)14-17-10-3-1-2-4-11(10)20-14;/h1-4,8-9H,5-7,15H2,(H,16,19);1H/t8-,9?;/m0./s1. The zero-order valence-corrected chi connectivity index (χ0v) is 12.9. The summed E-state index contributed by atoms with van der Waals surface area (Å²) in [6.07, 6.45) is 1.14. The van der Waals surface area contributed by atoms with Crippen LogP contribution in [0.25, 0.3) is 10.2 Å². The van der Waals surface area contributed by atoms with Gasteiger partial charge in [0.05, 0.1) is 16.3 Å². The van der Waals surface area contributed by atoms with Gasteiger partial charge in [0.1, 0.15) is 0 Å². The van der Waals surface area contributed by atoms with E-state index in [0.717, 1.165) is 16.6 Å². The first-order valence-corrected chi connectivity index (χ1v) is 7.40. The number of nitrogens with zero attached hydrogens (tertiary/aromatic N) is 1. The summed E-state index contributed by atoms with van der Waals surface area (Å²) in [5, 5.41) is 3.18. The van der Waals surface area contributed by atoms with Crippen molar-refractivity contribution in [2.24, 2.45) is 11.7 Å². The van der Waals surface area contributed by atoms with E-state index < -0.39 is 6.04 Å². The van der Waals surface area contributed by atoms with Gasteiger partial charge in [0.25, 0.3) is 0 Å². The minimum atomic E-state index is -0.663. The topological polar surface area (TPSA) is 85.1 Å². The summed E-state index contributed by atoms with van der Waals surface area (Å²) in [6, 6.07) is 6.94. The number of aromatic nitrogens is 1. The zero-order chi connectivity index (χ0) is 14.1. The second-order valence-corrected chi connectivity index (χ2v) is 6.00. The number of nitrogens with one attached hydrogen (secondary N) is 1. The molecule has 2 atom stereocenters. The van der Waals surface area contributed by atoms with Crippen LogP contribution in [0.3, 0.4) is 0 Å². The van der Waals surface area contributed by atoms with Crippen molar-refractivity contribution in [3.05, 3.63) is 29.3 Å². The Hall–Kier alpha value is -1.50. The molecule has 1 unspecified atom stereocenters. The number of amides is 1. The van der Waals surface area contributed by atoms with E-state index in [0.29, 0.717) is 18.0 Å². The van der Waals surface area contributed by atoms with Crippen molar-refractivity contribution in [3.8, 4) is 0 Å². The van der Waals surface area contributed by atoms with Crippen molar-refractivity contribution < 1.29 is 9.59 Å². The van der Waals surface area contributed by atoms with Crippen LogP contribution in [-0.4, -0.2) is 29.3 Å². The molecule has 5 nitrogen and oxygen atoms in total. The Balaban J connectivity index is 0.00000161. The fourth-order valence-corrected chi connectivity index (χ4v) is 3.39. The predicted molar refractivity (Wildman–Crippen MR) is 84.9 cm³/mol. The van der Waals surface area contributed by atoms with Gasteiger partial charge >= 0.3 is 0 Å². The lowest BCUT2D eigenvalue weighted by atomic mass is 9.97. The second-order valence-electron chi connectivity index (χ2n) is 4.97. The SMILES string of the molecule is Cl.NC(C[C@@H]1CCNC1=O)C(=O)c1nc2ccccc2s1. The molecular weight excluding hydrogens is 310 g/mol. The third-order valence-electron chi connectivity index (χ3n) is 3.54. The van der Waals surface area contributed by atoms with E-state index in [1.54, 1.807) is 0 Å². The molecule has 1 aromatic heterocycles. The number of para-hydroxylation sites is 1. The number of halogens is 1. The molecular formula is C14H16ClN3O2S. The molecule has 21 heavy (non-hydrogen) atoms. The Bertz CT molecular complexity index is 640. The first-order chi connectivity index (χ1) is 9.65. The highest BCUT2D eigenvalue weighted by Crippen LogP contribution is 2.24. The third kappa shape index (κ3) is 3.23. The van der Waals surface area contributed by atoms with Gasteiger partial charge in [-0.1, -0.05) is 12.1 Å². The Kier molecular flexibility index (Phi) is 4.92. The van der Waals surface area contributed by atoms with E-state index in [1.807, 2.05) is 24.3 Å². The van der Waals surface area contributed by atoms with Crippen molar-refractivity contribution in [1.82, 2.24) is 10.3 Å². The third-order valence-corrected chi connectivity index (χ3v) is 4.59. The van der Waals surface area contributed by atoms with Crippen LogP contribution in [0.5, 0.6) is 0 Å². The molecule has 3 rings (SSSR count). The van der Waals surface area contributed by atoms with Gasteiger partial charge in [-0.3, -0.25) is 9.59 Å². The van der Waals surface area contributed by atoms with Crippen LogP contribution in [0.1, 0.15) is 22.6 Å². The molecule has 0 spiro atoms. The van der Waals surface area contributed by atoms with Gasteiger partial charge in [-0.2, -0.15) is 0 Å². The highest BCUT2D eigenvalue weighted by molar-refractivity contribution is 7.20. The summed E-state index contributed by atoms with van der Waals surface area (Å²) < 4.78 is 0.974. The first kappa shape index (κ1) is 15.9. The summed E-state index contributed by atoms with van der Waals surface area (Å²) in [7, 11) is 0. The number of nitrogens with two attached hydrogens (primary N) is 1. The summed E-state index contributed by atoms with van der Waals surface area (Å²) in [5.74, 6) is -0.327. The summed E-state index contributed by atoms with van der Waals surface area (Å²) in [4.78, 5) is 28.1. The number of Topliss-reactive ketones (excluding diaryl/α,β-unsaturated/α-hetero) is 1. The van der Waals surface area contributed by atoms with Gasteiger partial charge in [0.2, 0.25) is 11.7 Å². The summed E-state index contributed by atoms with van der Waals surface area (Å²) in [5.41, 5.74) is 6.76. The Morgan fingerprint density at radius 3 is 2.90 bits per heavy atom. The number of benzene rings is 1. The van der Waals surface area contributed by atoms with Gasteiger partial charge in [0, 0.05) is 12.5 Å². The molecule has 1 fully saturated rings. The molecule has 0 bridgehead atoms. The van der Waals surface area contributed by atoms with Crippen LogP contribution in [-0.2, 0) is 4.79 Å². The minimum absolute atomic E-state index is 0. The quantitative estimate of drug-likeness (QED) is 0.839. The lowest BCUT2D eigenvalue weighted by Crippen LogP contribution is -2.34. The number of carbonyl (C=O) groups is 2. The van der Waals surface area contributed by atoms with Crippen molar-refractivity contribution in [3.63, 3.8) is 0 Å². The Morgan fingerprint density at radius 1 is 1.48 bits per heavy atom. The Labute approximate surface area is 132 Å². The molecule has 1 amide bonds. The average molecular weight is 326 g/mol. The van der Waals surface area contributed by atoms with Crippen molar-refractivity contribution in [1.29, 1.82) is 0 Å². The number of thiazole rings is 1. The number of fused-ring (bicyclic) bond motifs is 1. The highest BCUT2D eigenvalue weighted by atomic mass is 35.5. The minimum Gasteiger partial charge on any atom is -0.356 e. The average Bonchev–Trinajstić information content (AvgIpc) is 3.04. The maximum Gasteiger partial charge on any atom is 0.223 e. The number of rotatable bonds is 4. The van der Waals surface area contributed by atoms with Crippen LogP contribution in [0, 0.1) is 5.92 Å². The monoisotopic (exact) mass is 325 g/mol. The van der Waals surface area contributed by atoms with E-state index in [2.05, 4.69) is 10.3 Å². The van der Waals surface area contributed by atoms with E-state index in [9.17, 15) is 9.59 Å². The van der Waals surface area contributed by atoms with Gasteiger partial charge in [0.15, 0.2) is 5.01 Å². The van der Waals surface area contributed by atoms with Gasteiger partial charge in [-0.25, -0.2) is 4.98 Å². The fraction of sp³-hybridized carbons (Fsp3) is 0.357. The van der Waals surface area contributed by atoms with Crippen LogP contribution in [0.4, 0.5) is 0 Å². The lowest BCUT2D eigenvalue weighted by molar-refractivity contribution is -0.122. The molecule has 0 saturated carbocycles. The van der Waals surface area contributed by atoms with Gasteiger partial charge in [-0.15, -0.1) is 23.7 Å². The predicted octanol–water partition coefficient (Wildman–Crippen LogP) is 1.75. The molecule has 0 aliphatic carbocycles. The maximum atomic E-state index is 12.3. The molecule has 0 radical (unpaired) electrons. The van der Waals surface area contributed by atoms with Crippen LogP contribution < -0.4 is 11.1 Å². The lowest BCUT2D eigenvalue weighted by Gasteiger charge is -2.12. The van der Waals surface area contributed by atoms with Crippen LogP contribution >= 0.6 is 23.7 Å². The number of ketones is 1. The molecule has 7 heteroatoms. The largest absolute Gasteiger partial charge is 0.356 e. The van der Waals surface area contributed by atoms with E-state index in [-0.39, 0.29) is 30.0 Å². The van der Waals surface area contributed by atoms with E-state index in [4.69, 9.17) is 5.73 Å². The molecule has 2 aromatic rings. The zero-order valence-electron chi connectivity index (χ0n) is 11.2. The Morgan fingerprint density at radius 2 is 2.24 bits per heavy atom. The van der Waals surface area contributed by atoms with Crippen LogP contribution in [0.15, 0.2) is 24.3 Å². The molecule has 112 valence electrons. The summed E-state index contributed by atoms with van der Waals surface area (Å²) in [6.45, 7) is 0.672. The number of hydrogen-bond acceptors (Lipinski definition) is 5. The number of hydrogen-bond donors (Lipinski definition) is 2. The maximum absolute atomic E-state index is 12.3. The molecule has 1 saturated heterocycles.